The van der Waals surface area contributed by atoms with Gasteiger partial charge < -0.3 is 14.8 Å². The molecule has 2 atom stereocenters. The maximum atomic E-state index is 13.1. The second kappa shape index (κ2) is 6.65. The molecule has 2 heterocycles. The number of pyridine rings is 1. The van der Waals surface area contributed by atoms with Crippen LogP contribution in [0.1, 0.15) is 37.5 Å². The predicted molar refractivity (Wildman–Crippen MR) is 106 cm³/mol. The Morgan fingerprint density at radius 3 is 2.88 bits per heavy atom. The average Bonchev–Trinajstić information content (AvgIpc) is 2.90. The van der Waals surface area contributed by atoms with Gasteiger partial charge in [-0.05, 0) is 44.7 Å². The molecule has 1 aliphatic rings. The molecule has 0 aliphatic heterocycles. The lowest BCUT2D eigenvalue weighted by atomic mass is 9.91. The second-order valence-corrected chi connectivity index (χ2v) is 6.76. The van der Waals surface area contributed by atoms with Gasteiger partial charge in [-0.15, -0.1) is 24.0 Å². The first-order valence-electron chi connectivity index (χ1n) is 7.92. The Morgan fingerprint density at radius 2 is 2.12 bits per heavy atom. The number of fused-ring (bicyclic) bond motifs is 3. The Balaban J connectivity index is 0.00000169. The lowest BCUT2D eigenvalue weighted by Crippen LogP contribution is -2.34. The van der Waals surface area contributed by atoms with Gasteiger partial charge in [0.1, 0.15) is 16.7 Å². The summed E-state index contributed by atoms with van der Waals surface area (Å²) in [4.78, 5) is 13.1. The van der Waals surface area contributed by atoms with Crippen molar-refractivity contribution in [3.63, 3.8) is 0 Å². The van der Waals surface area contributed by atoms with Crippen LogP contribution in [0.15, 0.2) is 27.5 Å². The standard InChI is InChI=1S/C17H18ClN3O2.HI/c1-9-14-16(20-23-9)15-12(18)6-3-7-13(15)21(17(14)22)11-5-2-4-10(19)8-11;/h3,6-7,10-11H,2,4-5,8,19H2,1H3;1H. The predicted octanol–water partition coefficient (Wildman–Crippen LogP) is 4.16. The first kappa shape index (κ1) is 17.7. The smallest absolute Gasteiger partial charge is 0.264 e. The Kier molecular flexibility index (Phi) is 4.90. The minimum absolute atomic E-state index is 0. The molecular weight excluding hydrogens is 441 g/mol. The number of hydrogen-bond acceptors (Lipinski definition) is 4. The van der Waals surface area contributed by atoms with Gasteiger partial charge in [0, 0.05) is 17.5 Å². The van der Waals surface area contributed by atoms with Crippen LogP contribution in [0.2, 0.25) is 5.02 Å². The molecule has 1 saturated carbocycles. The third-order valence-corrected chi connectivity index (χ3v) is 5.15. The van der Waals surface area contributed by atoms with E-state index in [1.54, 1.807) is 6.92 Å². The fourth-order valence-electron chi connectivity index (χ4n) is 3.77. The van der Waals surface area contributed by atoms with Crippen LogP contribution in [0.5, 0.6) is 0 Å². The molecule has 1 aromatic carbocycles. The topological polar surface area (TPSA) is 74.0 Å². The van der Waals surface area contributed by atoms with Crippen LogP contribution in [-0.2, 0) is 0 Å². The summed E-state index contributed by atoms with van der Waals surface area (Å²) in [5, 5.41) is 5.95. The van der Waals surface area contributed by atoms with Crippen LogP contribution in [0.3, 0.4) is 0 Å². The van der Waals surface area contributed by atoms with Crippen molar-refractivity contribution >= 4 is 57.4 Å². The fraction of sp³-hybridized carbons (Fsp3) is 0.412. The summed E-state index contributed by atoms with van der Waals surface area (Å²) in [6.07, 6.45) is 3.79. The van der Waals surface area contributed by atoms with E-state index in [0.717, 1.165) is 36.6 Å². The fourth-order valence-corrected chi connectivity index (χ4v) is 4.03. The van der Waals surface area contributed by atoms with Crippen LogP contribution in [0, 0.1) is 6.92 Å². The Morgan fingerprint density at radius 1 is 1.33 bits per heavy atom. The Hall–Kier alpha value is -1.12. The molecule has 7 heteroatoms. The van der Waals surface area contributed by atoms with E-state index in [2.05, 4.69) is 5.16 Å². The molecule has 4 rings (SSSR count). The van der Waals surface area contributed by atoms with Crippen molar-refractivity contribution in [1.82, 2.24) is 9.72 Å². The van der Waals surface area contributed by atoms with E-state index in [9.17, 15) is 4.79 Å². The highest BCUT2D eigenvalue weighted by Crippen LogP contribution is 2.34. The van der Waals surface area contributed by atoms with Gasteiger partial charge in [-0.2, -0.15) is 0 Å². The normalized spacial score (nSPS) is 21.1. The van der Waals surface area contributed by atoms with Gasteiger partial charge in [-0.1, -0.05) is 22.8 Å². The maximum Gasteiger partial charge on any atom is 0.264 e. The first-order chi connectivity index (χ1) is 11.1. The van der Waals surface area contributed by atoms with Crippen molar-refractivity contribution in [1.29, 1.82) is 0 Å². The van der Waals surface area contributed by atoms with Gasteiger partial charge >= 0.3 is 0 Å². The van der Waals surface area contributed by atoms with Gasteiger partial charge in [0.05, 0.1) is 10.5 Å². The molecule has 0 spiro atoms. The summed E-state index contributed by atoms with van der Waals surface area (Å²) in [5.41, 5.74) is 7.43. The van der Waals surface area contributed by atoms with Crippen molar-refractivity contribution in [2.45, 2.75) is 44.7 Å². The van der Waals surface area contributed by atoms with Crippen LogP contribution >= 0.6 is 35.6 Å². The van der Waals surface area contributed by atoms with E-state index in [0.29, 0.717) is 21.7 Å². The number of rotatable bonds is 1. The van der Waals surface area contributed by atoms with E-state index < -0.39 is 0 Å². The van der Waals surface area contributed by atoms with E-state index >= 15 is 0 Å². The van der Waals surface area contributed by atoms with E-state index in [1.165, 1.54) is 0 Å². The zero-order chi connectivity index (χ0) is 16.1. The molecule has 5 nitrogen and oxygen atoms in total. The molecule has 128 valence electrons. The Labute approximate surface area is 161 Å². The van der Waals surface area contributed by atoms with Crippen molar-refractivity contribution < 1.29 is 4.52 Å². The van der Waals surface area contributed by atoms with Crippen LogP contribution in [-0.4, -0.2) is 15.8 Å². The second-order valence-electron chi connectivity index (χ2n) is 6.35. The molecule has 24 heavy (non-hydrogen) atoms. The summed E-state index contributed by atoms with van der Waals surface area (Å²) < 4.78 is 7.13. The molecule has 0 amide bonds. The lowest BCUT2D eigenvalue weighted by molar-refractivity contribution is 0.321. The first-order valence-corrected chi connectivity index (χ1v) is 8.30. The van der Waals surface area contributed by atoms with Crippen LogP contribution in [0.4, 0.5) is 0 Å². The summed E-state index contributed by atoms with van der Waals surface area (Å²) in [7, 11) is 0. The highest BCUT2D eigenvalue weighted by Gasteiger charge is 2.26. The number of benzene rings is 1. The van der Waals surface area contributed by atoms with Crippen LogP contribution in [0.25, 0.3) is 21.8 Å². The van der Waals surface area contributed by atoms with Crippen molar-refractivity contribution in [2.24, 2.45) is 5.73 Å². The zero-order valence-corrected chi connectivity index (χ0v) is 16.4. The number of hydrogen-bond donors (Lipinski definition) is 1. The minimum atomic E-state index is -0.0624. The van der Waals surface area contributed by atoms with Gasteiger partial charge in [0.25, 0.3) is 5.56 Å². The van der Waals surface area contributed by atoms with Crippen molar-refractivity contribution in [2.75, 3.05) is 0 Å². The number of aryl methyl sites for hydroxylation is 1. The number of nitrogens with two attached hydrogens (primary N) is 1. The number of halogens is 2. The maximum absolute atomic E-state index is 13.1. The third-order valence-electron chi connectivity index (χ3n) is 4.84. The quantitative estimate of drug-likeness (QED) is 0.555. The molecule has 0 bridgehead atoms. The molecule has 2 aromatic heterocycles. The molecule has 1 aliphatic carbocycles. The van der Waals surface area contributed by atoms with Crippen LogP contribution < -0.4 is 11.3 Å². The third kappa shape index (κ3) is 2.64. The van der Waals surface area contributed by atoms with Gasteiger partial charge in [-0.25, -0.2) is 0 Å². The lowest BCUT2D eigenvalue weighted by Gasteiger charge is -2.29. The van der Waals surface area contributed by atoms with E-state index in [-0.39, 0.29) is 41.6 Å². The van der Waals surface area contributed by atoms with Gasteiger partial charge in [0.15, 0.2) is 0 Å². The summed E-state index contributed by atoms with van der Waals surface area (Å²) in [6, 6.07) is 5.82. The Bertz CT molecular complexity index is 966. The van der Waals surface area contributed by atoms with E-state index in [4.69, 9.17) is 21.9 Å². The molecule has 2 N–H and O–H groups in total. The summed E-state index contributed by atoms with van der Waals surface area (Å²) >= 11 is 6.42. The number of aromatic nitrogens is 2. The van der Waals surface area contributed by atoms with Crippen molar-refractivity contribution in [3.05, 3.63) is 39.3 Å². The molecule has 0 saturated heterocycles. The van der Waals surface area contributed by atoms with Crippen molar-refractivity contribution in [3.8, 4) is 0 Å². The monoisotopic (exact) mass is 459 g/mol. The van der Waals surface area contributed by atoms with Gasteiger partial charge in [-0.3, -0.25) is 4.79 Å². The highest BCUT2D eigenvalue weighted by molar-refractivity contribution is 14.0. The number of nitrogens with zero attached hydrogens (tertiary/aromatic N) is 2. The zero-order valence-electron chi connectivity index (χ0n) is 13.3. The average molecular weight is 460 g/mol. The molecule has 0 radical (unpaired) electrons. The molecular formula is C17H19ClIN3O2. The minimum Gasteiger partial charge on any atom is -0.360 e. The summed E-state index contributed by atoms with van der Waals surface area (Å²) in [6.45, 7) is 1.76. The SMILES string of the molecule is Cc1onc2c1c(=O)n(C1CCCC(N)C1)c1cccc(Cl)c21.I. The van der Waals surface area contributed by atoms with Gasteiger partial charge in [0.2, 0.25) is 0 Å². The summed E-state index contributed by atoms with van der Waals surface area (Å²) in [5.74, 6) is 0.528. The van der Waals surface area contributed by atoms with E-state index in [1.807, 2.05) is 22.8 Å². The largest absolute Gasteiger partial charge is 0.360 e. The molecule has 3 aromatic rings. The molecule has 2 unspecified atom stereocenters. The molecule has 1 fully saturated rings. The highest BCUT2D eigenvalue weighted by atomic mass is 127.